The van der Waals surface area contributed by atoms with Crippen LogP contribution in [0.2, 0.25) is 18.6 Å². The highest BCUT2D eigenvalue weighted by Crippen LogP contribution is 2.60. The van der Waals surface area contributed by atoms with Crippen LogP contribution in [0.1, 0.15) is 37.3 Å². The van der Waals surface area contributed by atoms with Crippen molar-refractivity contribution in [3.63, 3.8) is 0 Å². The van der Waals surface area contributed by atoms with Crippen LogP contribution in [0, 0.1) is 5.92 Å². The van der Waals surface area contributed by atoms with Gasteiger partial charge in [-0.15, -0.1) is 0 Å². The Labute approximate surface area is 309 Å². The van der Waals surface area contributed by atoms with Crippen molar-refractivity contribution in [2.75, 3.05) is 25.2 Å². The fraction of sp³-hybridized carbons (Fsp3) is 0.357. The zero-order chi connectivity index (χ0) is 37.1. The van der Waals surface area contributed by atoms with Crippen LogP contribution >= 0.6 is 0 Å². The third kappa shape index (κ3) is 5.64. The summed E-state index contributed by atoms with van der Waals surface area (Å²) in [5, 5.41) is 15.1. The predicted octanol–water partition coefficient (Wildman–Crippen LogP) is 5.46. The minimum atomic E-state index is -2.45. The first kappa shape index (κ1) is 35.1. The number of H-pyrrole nitrogens is 1. The number of anilines is 1. The molecule has 2 amide bonds. The number of likely N-dealkylation sites (tertiary alicyclic amines) is 1. The molecule has 0 radical (unpaired) electrons. The fourth-order valence-corrected chi connectivity index (χ4v) is 13.5. The summed E-state index contributed by atoms with van der Waals surface area (Å²) in [4.78, 5) is 46.2. The molecule has 3 aliphatic heterocycles. The van der Waals surface area contributed by atoms with E-state index in [0.29, 0.717) is 17.6 Å². The Bertz CT molecular complexity index is 2250. The summed E-state index contributed by atoms with van der Waals surface area (Å²) in [6.45, 7) is 7.56. The van der Waals surface area contributed by atoms with Gasteiger partial charge < -0.3 is 24.4 Å². The van der Waals surface area contributed by atoms with Gasteiger partial charge in [0, 0.05) is 18.0 Å². The number of benzene rings is 4. The first-order valence-corrected chi connectivity index (χ1v) is 21.6. The molecular weight excluding hydrogens is 685 g/mol. The van der Waals surface area contributed by atoms with Crippen molar-refractivity contribution < 1.29 is 24.2 Å². The number of hydrogen-bond acceptors (Lipinski definition) is 6. The number of carbonyl (C=O) groups is 2. The molecule has 53 heavy (non-hydrogen) atoms. The van der Waals surface area contributed by atoms with Gasteiger partial charge in [-0.2, -0.15) is 0 Å². The summed E-state index contributed by atoms with van der Waals surface area (Å²) < 4.78 is 14.2. The Morgan fingerprint density at radius 1 is 1.00 bits per heavy atom. The second-order valence-corrected chi connectivity index (χ2v) is 20.0. The summed E-state index contributed by atoms with van der Waals surface area (Å²) in [6, 6.07) is 31.0. The molecule has 4 heterocycles. The van der Waals surface area contributed by atoms with Crippen LogP contribution in [0.15, 0.2) is 102 Å². The summed E-state index contributed by atoms with van der Waals surface area (Å²) in [5.41, 5.74) is 2.36. The van der Waals surface area contributed by atoms with Crippen molar-refractivity contribution in [3.05, 3.63) is 119 Å². The highest BCUT2D eigenvalue weighted by atomic mass is 28.3. The Morgan fingerprint density at radius 3 is 2.51 bits per heavy atom. The lowest BCUT2D eigenvalue weighted by Crippen LogP contribution is -2.52. The van der Waals surface area contributed by atoms with E-state index in [9.17, 15) is 14.7 Å². The SMILES string of the molecule is COc1ccc([Si](C)(C)[C@H]2[C@H](CC(=O)N3CCC[C@H]3CO)O[C@@]3(C(=O)N(Cc4cccc(-n5[nH]c6ccccc6c5=O)c4)c4ccccc43)[C@@H]2C)cc1. The Morgan fingerprint density at radius 2 is 1.75 bits per heavy atom. The summed E-state index contributed by atoms with van der Waals surface area (Å²) >= 11 is 0. The minimum Gasteiger partial charge on any atom is -0.497 e. The maximum Gasteiger partial charge on any atom is 0.279 e. The lowest BCUT2D eigenvalue weighted by Gasteiger charge is -2.37. The van der Waals surface area contributed by atoms with Gasteiger partial charge >= 0.3 is 0 Å². The number of nitrogens with zero attached hydrogens (tertiary/aromatic N) is 3. The average Bonchev–Trinajstić information content (AvgIpc) is 3.92. The molecule has 5 atom stereocenters. The maximum absolute atomic E-state index is 15.2. The number of fused-ring (bicyclic) bond motifs is 3. The van der Waals surface area contributed by atoms with Gasteiger partial charge in [-0.3, -0.25) is 19.5 Å². The number of methoxy groups -OCH3 is 1. The highest BCUT2D eigenvalue weighted by molar-refractivity contribution is 6.91. The summed E-state index contributed by atoms with van der Waals surface area (Å²) in [5.74, 6) is 0.329. The van der Waals surface area contributed by atoms with Gasteiger partial charge in [-0.25, -0.2) is 4.68 Å². The van der Waals surface area contributed by atoms with Crippen LogP contribution in [0.4, 0.5) is 5.69 Å². The second-order valence-electron chi connectivity index (χ2n) is 15.3. The van der Waals surface area contributed by atoms with Gasteiger partial charge in [0.2, 0.25) is 5.91 Å². The first-order valence-electron chi connectivity index (χ1n) is 18.5. The van der Waals surface area contributed by atoms with Crippen molar-refractivity contribution in [2.45, 2.75) is 69.1 Å². The zero-order valence-electron chi connectivity index (χ0n) is 30.6. The quantitative estimate of drug-likeness (QED) is 0.195. The van der Waals surface area contributed by atoms with E-state index >= 15 is 4.79 Å². The molecule has 2 saturated heterocycles. The van der Waals surface area contributed by atoms with Crippen molar-refractivity contribution in [3.8, 4) is 11.4 Å². The molecule has 274 valence electrons. The van der Waals surface area contributed by atoms with Crippen LogP contribution in [0.3, 0.4) is 0 Å². The molecule has 2 N–H and O–H groups in total. The van der Waals surface area contributed by atoms with Gasteiger partial charge in [-0.1, -0.05) is 79.8 Å². The second kappa shape index (κ2) is 13.5. The lowest BCUT2D eigenvalue weighted by molar-refractivity contribution is -0.150. The smallest absolute Gasteiger partial charge is 0.279 e. The maximum atomic E-state index is 15.2. The number of aliphatic hydroxyl groups excluding tert-OH is 1. The van der Waals surface area contributed by atoms with E-state index in [0.717, 1.165) is 40.9 Å². The zero-order valence-corrected chi connectivity index (χ0v) is 31.6. The molecule has 5 aromatic rings. The van der Waals surface area contributed by atoms with Gasteiger partial charge in [0.1, 0.15) is 5.75 Å². The predicted molar refractivity (Wildman–Crippen MR) is 208 cm³/mol. The van der Waals surface area contributed by atoms with E-state index in [1.807, 2.05) is 83.8 Å². The van der Waals surface area contributed by atoms with Gasteiger partial charge in [0.15, 0.2) is 5.60 Å². The van der Waals surface area contributed by atoms with Crippen LogP contribution in [-0.4, -0.2) is 72.1 Å². The van der Waals surface area contributed by atoms with E-state index in [-0.39, 0.29) is 54.4 Å². The van der Waals surface area contributed by atoms with Crippen LogP contribution in [0.25, 0.3) is 16.6 Å². The monoisotopic (exact) mass is 730 g/mol. The fourth-order valence-electron chi connectivity index (χ4n) is 9.48. The number of para-hydroxylation sites is 2. The molecule has 1 spiro atoms. The molecule has 0 unspecified atom stereocenters. The number of aromatic nitrogens is 2. The van der Waals surface area contributed by atoms with Gasteiger partial charge in [-0.05, 0) is 66.4 Å². The largest absolute Gasteiger partial charge is 0.497 e. The summed E-state index contributed by atoms with van der Waals surface area (Å²) in [6.07, 6.45) is 1.25. The van der Waals surface area contributed by atoms with Gasteiger partial charge in [0.25, 0.3) is 11.5 Å². The Balaban J connectivity index is 1.17. The molecule has 0 saturated carbocycles. The van der Waals surface area contributed by atoms with Crippen LogP contribution in [0.5, 0.6) is 5.75 Å². The molecule has 2 fully saturated rings. The van der Waals surface area contributed by atoms with Crippen molar-refractivity contribution in [1.82, 2.24) is 14.7 Å². The number of hydrogen-bond donors (Lipinski definition) is 2. The molecule has 11 heteroatoms. The number of carbonyl (C=O) groups excluding carboxylic acids is 2. The van der Waals surface area contributed by atoms with Crippen LogP contribution in [-0.2, 0) is 26.5 Å². The standard InChI is InChI=1S/C42H46N4O6Si/c1-27-39(53(3,4)32-20-18-31(51-2)19-21-32)37(24-38(48)44-22-10-13-30(44)26-47)52-42(27)34-15-6-8-17-36(34)45(41(42)50)25-28-11-9-12-29(23-28)46-40(49)33-14-5-7-16-35(33)43-46/h5-9,11-12,14-21,23,27,30,37,39,43,47H,10,13,22,24-26H2,1-4H3/t27-,30+,37+,39-,42+/m1/s1. The number of amides is 2. The average molecular weight is 731 g/mol. The number of ether oxygens (including phenoxy) is 2. The highest BCUT2D eigenvalue weighted by Gasteiger charge is 2.66. The number of nitrogens with one attached hydrogen (secondary N) is 1. The van der Waals surface area contributed by atoms with Crippen molar-refractivity contribution in [1.29, 1.82) is 0 Å². The normalized spacial score (nSPS) is 24.1. The summed E-state index contributed by atoms with van der Waals surface area (Å²) in [7, 11) is -0.799. The van der Waals surface area contributed by atoms with Gasteiger partial charge in [0.05, 0.1) is 69.2 Å². The molecule has 0 bridgehead atoms. The van der Waals surface area contributed by atoms with E-state index in [1.165, 1.54) is 9.87 Å². The van der Waals surface area contributed by atoms with E-state index in [4.69, 9.17) is 9.47 Å². The van der Waals surface area contributed by atoms with E-state index < -0.39 is 19.8 Å². The molecule has 3 aliphatic rings. The minimum absolute atomic E-state index is 0.0417. The molecule has 4 aromatic carbocycles. The van der Waals surface area contributed by atoms with Crippen LogP contribution < -0.4 is 20.4 Å². The topological polar surface area (TPSA) is 117 Å². The molecule has 8 rings (SSSR count). The molecule has 0 aliphatic carbocycles. The first-order chi connectivity index (χ1) is 25.6. The Kier molecular flexibility index (Phi) is 8.91. The third-order valence-corrected chi connectivity index (χ3v) is 16.5. The molecule has 1 aromatic heterocycles. The van der Waals surface area contributed by atoms with E-state index in [2.05, 4.69) is 37.2 Å². The Hall–Kier alpha value is -4.97. The van der Waals surface area contributed by atoms with Crippen molar-refractivity contribution >= 4 is 41.7 Å². The number of aromatic amines is 1. The lowest BCUT2D eigenvalue weighted by atomic mass is 9.82. The molecular formula is C42H46N4O6Si. The number of aliphatic hydroxyl groups is 1. The number of rotatable bonds is 9. The third-order valence-electron chi connectivity index (χ3n) is 12.1. The molecule has 10 nitrogen and oxygen atoms in total. The van der Waals surface area contributed by atoms with Crippen molar-refractivity contribution in [2.24, 2.45) is 5.92 Å². The van der Waals surface area contributed by atoms with E-state index in [1.54, 1.807) is 18.1 Å².